The van der Waals surface area contributed by atoms with Crippen molar-refractivity contribution in [3.05, 3.63) is 42.1 Å². The highest BCUT2D eigenvalue weighted by atomic mass is 16.5. The van der Waals surface area contributed by atoms with Crippen LogP contribution in [0.5, 0.6) is 5.88 Å². The molecule has 1 aromatic carbocycles. The Hall–Kier alpha value is -2.40. The maximum absolute atomic E-state index is 5.93. The quantitative estimate of drug-likeness (QED) is 0.511. The third kappa shape index (κ3) is 5.20. The summed E-state index contributed by atoms with van der Waals surface area (Å²) in [6.07, 6.45) is 8.06. The zero-order valence-corrected chi connectivity index (χ0v) is 18.5. The number of pyridine rings is 1. The molecule has 0 bridgehead atoms. The average Bonchev–Trinajstić information content (AvgIpc) is 3.17. The molecule has 1 saturated heterocycles. The molecule has 2 aromatic heterocycles. The molecule has 0 saturated carbocycles. The number of piperidine rings is 1. The summed E-state index contributed by atoms with van der Waals surface area (Å²) >= 11 is 0. The average molecular weight is 407 g/mol. The van der Waals surface area contributed by atoms with Crippen LogP contribution in [0.4, 0.5) is 0 Å². The summed E-state index contributed by atoms with van der Waals surface area (Å²) in [5.74, 6) is 2.42. The topological polar surface area (TPSA) is 62.8 Å². The molecule has 0 amide bonds. The van der Waals surface area contributed by atoms with Crippen molar-refractivity contribution < 1.29 is 4.74 Å². The number of nitrogens with zero attached hydrogens (tertiary/aromatic N) is 2. The molecule has 1 aliphatic rings. The maximum atomic E-state index is 5.93. The second-order valence-electron chi connectivity index (χ2n) is 9.49. The van der Waals surface area contributed by atoms with Crippen molar-refractivity contribution in [1.29, 1.82) is 0 Å². The summed E-state index contributed by atoms with van der Waals surface area (Å²) in [6.45, 7) is 9.75. The minimum absolute atomic E-state index is 0.116. The van der Waals surface area contributed by atoms with Gasteiger partial charge in [-0.3, -0.25) is 0 Å². The zero-order valence-electron chi connectivity index (χ0n) is 18.5. The van der Waals surface area contributed by atoms with Gasteiger partial charge in [-0.2, -0.15) is 0 Å². The fraction of sp³-hybridized carbons (Fsp3) is 0.520. The molecule has 2 N–H and O–H groups in total. The number of rotatable bonds is 7. The van der Waals surface area contributed by atoms with E-state index >= 15 is 0 Å². The standard InChI is InChI=1S/C25H34N4O/c1-25(2,3)20-7-8-21-22(17-20)29-24(28-21)19-11-14-27-23(16-19)30-15-5-4-6-18-9-12-26-13-10-18/h7-8,11,14,16-18,26H,4-6,9-10,12-13,15H2,1-3H3,(H,28,29). The van der Waals surface area contributed by atoms with Gasteiger partial charge in [-0.25, -0.2) is 9.97 Å². The van der Waals surface area contributed by atoms with Gasteiger partial charge in [0.25, 0.3) is 0 Å². The Balaban J connectivity index is 1.35. The number of hydrogen-bond acceptors (Lipinski definition) is 4. The van der Waals surface area contributed by atoms with Gasteiger partial charge in [0.15, 0.2) is 0 Å². The Morgan fingerprint density at radius 1 is 1.07 bits per heavy atom. The molecule has 0 radical (unpaired) electrons. The highest BCUT2D eigenvalue weighted by molar-refractivity contribution is 5.80. The maximum Gasteiger partial charge on any atom is 0.213 e. The molecule has 0 spiro atoms. The van der Waals surface area contributed by atoms with Crippen molar-refractivity contribution in [2.75, 3.05) is 19.7 Å². The van der Waals surface area contributed by atoms with Crippen LogP contribution in [0, 0.1) is 5.92 Å². The summed E-state index contributed by atoms with van der Waals surface area (Å²) in [4.78, 5) is 12.6. The number of unbranched alkanes of at least 4 members (excludes halogenated alkanes) is 1. The molecule has 160 valence electrons. The predicted molar refractivity (Wildman–Crippen MR) is 123 cm³/mol. The van der Waals surface area contributed by atoms with Crippen LogP contribution in [-0.2, 0) is 5.41 Å². The van der Waals surface area contributed by atoms with Gasteiger partial charge < -0.3 is 15.0 Å². The smallest absolute Gasteiger partial charge is 0.213 e. The van der Waals surface area contributed by atoms with Crippen molar-refractivity contribution in [3.8, 4) is 17.3 Å². The largest absolute Gasteiger partial charge is 0.478 e. The molecular formula is C25H34N4O. The summed E-state index contributed by atoms with van der Waals surface area (Å²) in [5, 5.41) is 3.43. The van der Waals surface area contributed by atoms with E-state index in [1.165, 1.54) is 44.3 Å². The van der Waals surface area contributed by atoms with Crippen molar-refractivity contribution in [3.63, 3.8) is 0 Å². The van der Waals surface area contributed by atoms with E-state index in [2.05, 4.69) is 54.3 Å². The highest BCUT2D eigenvalue weighted by Crippen LogP contribution is 2.28. The van der Waals surface area contributed by atoms with Crippen LogP contribution in [0.3, 0.4) is 0 Å². The van der Waals surface area contributed by atoms with Crippen LogP contribution in [0.1, 0.15) is 58.4 Å². The van der Waals surface area contributed by atoms with Crippen molar-refractivity contribution in [2.24, 2.45) is 5.92 Å². The van der Waals surface area contributed by atoms with Crippen LogP contribution in [0.25, 0.3) is 22.4 Å². The molecule has 3 aromatic rings. The van der Waals surface area contributed by atoms with E-state index in [-0.39, 0.29) is 5.41 Å². The van der Waals surface area contributed by atoms with Gasteiger partial charge in [0, 0.05) is 17.8 Å². The molecule has 4 rings (SSSR count). The Morgan fingerprint density at radius 2 is 1.90 bits per heavy atom. The van der Waals surface area contributed by atoms with E-state index in [0.717, 1.165) is 41.4 Å². The second-order valence-corrected chi connectivity index (χ2v) is 9.49. The first kappa shape index (κ1) is 20.9. The molecule has 3 heterocycles. The van der Waals surface area contributed by atoms with Gasteiger partial charge in [-0.1, -0.05) is 33.3 Å². The molecule has 1 aliphatic heterocycles. The third-order valence-electron chi connectivity index (χ3n) is 6.07. The minimum atomic E-state index is 0.116. The van der Waals surface area contributed by atoms with E-state index in [1.54, 1.807) is 6.20 Å². The number of nitrogens with one attached hydrogen (secondary N) is 2. The number of aromatic amines is 1. The lowest BCUT2D eigenvalue weighted by molar-refractivity contribution is 0.279. The Labute approximate surface area is 179 Å². The monoisotopic (exact) mass is 406 g/mol. The SMILES string of the molecule is CC(C)(C)c1ccc2nc(-c3ccnc(OCCCCC4CCNCC4)c3)[nH]c2c1. The van der Waals surface area contributed by atoms with Gasteiger partial charge in [0.2, 0.25) is 5.88 Å². The number of benzene rings is 1. The molecule has 5 nitrogen and oxygen atoms in total. The minimum Gasteiger partial charge on any atom is -0.478 e. The first-order valence-corrected chi connectivity index (χ1v) is 11.3. The fourth-order valence-corrected chi connectivity index (χ4v) is 4.13. The van der Waals surface area contributed by atoms with Crippen LogP contribution in [0.2, 0.25) is 0 Å². The molecule has 0 atom stereocenters. The Kier molecular flexibility index (Phi) is 6.38. The van der Waals surface area contributed by atoms with Crippen LogP contribution in [0.15, 0.2) is 36.5 Å². The van der Waals surface area contributed by atoms with E-state index in [9.17, 15) is 0 Å². The van der Waals surface area contributed by atoms with Crippen molar-refractivity contribution in [1.82, 2.24) is 20.3 Å². The second kappa shape index (κ2) is 9.17. The summed E-state index contributed by atoms with van der Waals surface area (Å²) in [5.41, 5.74) is 4.46. The van der Waals surface area contributed by atoms with Crippen LogP contribution >= 0.6 is 0 Å². The van der Waals surface area contributed by atoms with E-state index in [0.29, 0.717) is 5.88 Å². The lowest BCUT2D eigenvalue weighted by Crippen LogP contribution is -2.27. The van der Waals surface area contributed by atoms with Crippen molar-refractivity contribution >= 4 is 11.0 Å². The summed E-state index contributed by atoms with van der Waals surface area (Å²) < 4.78 is 5.93. The lowest BCUT2D eigenvalue weighted by atomic mass is 9.87. The van der Waals surface area contributed by atoms with Gasteiger partial charge in [0.05, 0.1) is 17.6 Å². The Bertz CT molecular complexity index is 967. The zero-order chi connectivity index (χ0) is 21.0. The number of aromatic nitrogens is 3. The number of H-pyrrole nitrogens is 1. The molecule has 0 aliphatic carbocycles. The predicted octanol–water partition coefficient (Wildman–Crippen LogP) is 5.47. The highest BCUT2D eigenvalue weighted by Gasteiger charge is 2.16. The summed E-state index contributed by atoms with van der Waals surface area (Å²) in [7, 11) is 0. The number of hydrogen-bond donors (Lipinski definition) is 2. The van der Waals surface area contributed by atoms with E-state index in [1.807, 2.05) is 12.1 Å². The van der Waals surface area contributed by atoms with Crippen LogP contribution < -0.4 is 10.1 Å². The number of fused-ring (bicyclic) bond motifs is 1. The fourth-order valence-electron chi connectivity index (χ4n) is 4.13. The lowest BCUT2D eigenvalue weighted by Gasteiger charge is -2.22. The summed E-state index contributed by atoms with van der Waals surface area (Å²) in [6, 6.07) is 10.4. The molecular weight excluding hydrogens is 372 g/mol. The third-order valence-corrected chi connectivity index (χ3v) is 6.07. The van der Waals surface area contributed by atoms with Gasteiger partial charge in [-0.15, -0.1) is 0 Å². The van der Waals surface area contributed by atoms with Gasteiger partial charge in [0.1, 0.15) is 5.82 Å². The van der Waals surface area contributed by atoms with Crippen LogP contribution in [-0.4, -0.2) is 34.6 Å². The molecule has 5 heteroatoms. The van der Waals surface area contributed by atoms with E-state index < -0.39 is 0 Å². The molecule has 30 heavy (non-hydrogen) atoms. The normalized spacial score (nSPS) is 15.6. The first-order chi connectivity index (χ1) is 14.5. The molecule has 0 unspecified atom stereocenters. The number of ether oxygens (including phenoxy) is 1. The molecule has 1 fully saturated rings. The Morgan fingerprint density at radius 3 is 2.70 bits per heavy atom. The number of imidazole rings is 1. The van der Waals surface area contributed by atoms with Gasteiger partial charge in [-0.05, 0) is 73.9 Å². The first-order valence-electron chi connectivity index (χ1n) is 11.3. The van der Waals surface area contributed by atoms with E-state index in [4.69, 9.17) is 9.72 Å². The van der Waals surface area contributed by atoms with Crippen molar-refractivity contribution in [2.45, 2.75) is 58.3 Å². The van der Waals surface area contributed by atoms with Gasteiger partial charge >= 0.3 is 0 Å².